The van der Waals surface area contributed by atoms with Gasteiger partial charge in [0.2, 0.25) is 5.91 Å². The second kappa shape index (κ2) is 4.22. The van der Waals surface area contributed by atoms with E-state index < -0.39 is 0 Å². The van der Waals surface area contributed by atoms with E-state index in [1.165, 1.54) is 32.4 Å². The SMILES string of the molecule is CCC1(C)CC1C(=O)N1CCC2(CCNC2)CC1. The van der Waals surface area contributed by atoms with Crippen LogP contribution < -0.4 is 5.32 Å². The van der Waals surface area contributed by atoms with Gasteiger partial charge in [0.1, 0.15) is 0 Å². The summed E-state index contributed by atoms with van der Waals surface area (Å²) in [4.78, 5) is 14.6. The molecule has 0 aromatic carbocycles. The van der Waals surface area contributed by atoms with Crippen LogP contribution in [0.15, 0.2) is 0 Å². The number of nitrogens with zero attached hydrogens (tertiary/aromatic N) is 1. The maximum Gasteiger partial charge on any atom is 0.226 e. The normalized spacial score (nSPS) is 38.1. The molecule has 0 aromatic heterocycles. The number of carbonyl (C=O) groups excluding carboxylic acids is 1. The summed E-state index contributed by atoms with van der Waals surface area (Å²) < 4.78 is 0. The zero-order chi connectivity index (χ0) is 12.8. The van der Waals surface area contributed by atoms with Gasteiger partial charge in [-0.2, -0.15) is 0 Å². The number of rotatable bonds is 2. The highest BCUT2D eigenvalue weighted by atomic mass is 16.2. The Labute approximate surface area is 110 Å². The van der Waals surface area contributed by atoms with E-state index in [4.69, 9.17) is 0 Å². The van der Waals surface area contributed by atoms with Crippen LogP contribution in [-0.4, -0.2) is 37.0 Å². The lowest BCUT2D eigenvalue weighted by Crippen LogP contribution is -2.45. The largest absolute Gasteiger partial charge is 0.342 e. The van der Waals surface area contributed by atoms with Crippen LogP contribution in [0.5, 0.6) is 0 Å². The first-order chi connectivity index (χ1) is 8.59. The van der Waals surface area contributed by atoms with Crippen molar-refractivity contribution in [1.82, 2.24) is 10.2 Å². The first-order valence-corrected chi connectivity index (χ1v) is 7.58. The molecule has 102 valence electrons. The van der Waals surface area contributed by atoms with Gasteiger partial charge in [-0.3, -0.25) is 4.79 Å². The Morgan fingerprint density at radius 1 is 1.33 bits per heavy atom. The van der Waals surface area contributed by atoms with Gasteiger partial charge < -0.3 is 10.2 Å². The standard InChI is InChI=1S/C15H26N2O/c1-3-14(2)10-12(14)13(18)17-8-5-15(6-9-17)4-7-16-11-15/h12,16H,3-11H2,1-2H3. The number of likely N-dealkylation sites (tertiary alicyclic amines) is 1. The van der Waals surface area contributed by atoms with Crippen LogP contribution in [-0.2, 0) is 4.79 Å². The molecule has 2 heterocycles. The van der Waals surface area contributed by atoms with Crippen molar-refractivity contribution in [2.24, 2.45) is 16.7 Å². The molecule has 0 radical (unpaired) electrons. The van der Waals surface area contributed by atoms with Gasteiger partial charge in [0.05, 0.1) is 0 Å². The molecule has 3 nitrogen and oxygen atoms in total. The summed E-state index contributed by atoms with van der Waals surface area (Å²) in [6.45, 7) is 8.81. The van der Waals surface area contributed by atoms with Gasteiger partial charge >= 0.3 is 0 Å². The molecule has 3 aliphatic rings. The molecule has 0 bridgehead atoms. The summed E-state index contributed by atoms with van der Waals surface area (Å²) in [5.41, 5.74) is 0.843. The van der Waals surface area contributed by atoms with E-state index in [2.05, 4.69) is 24.1 Å². The predicted molar refractivity (Wildman–Crippen MR) is 72.2 cm³/mol. The Hall–Kier alpha value is -0.570. The van der Waals surface area contributed by atoms with Crippen LogP contribution >= 0.6 is 0 Å². The number of hydrogen-bond acceptors (Lipinski definition) is 2. The minimum absolute atomic E-state index is 0.321. The smallest absolute Gasteiger partial charge is 0.226 e. The van der Waals surface area contributed by atoms with E-state index in [0.717, 1.165) is 25.9 Å². The lowest BCUT2D eigenvalue weighted by atomic mass is 9.77. The van der Waals surface area contributed by atoms with Crippen LogP contribution in [0.4, 0.5) is 0 Å². The highest BCUT2D eigenvalue weighted by Crippen LogP contribution is 2.55. The van der Waals surface area contributed by atoms with Crippen molar-refractivity contribution in [3.8, 4) is 0 Å². The lowest BCUT2D eigenvalue weighted by Gasteiger charge is -2.39. The maximum atomic E-state index is 12.4. The van der Waals surface area contributed by atoms with Gasteiger partial charge in [-0.25, -0.2) is 0 Å². The maximum absolute atomic E-state index is 12.4. The van der Waals surface area contributed by atoms with Crippen molar-refractivity contribution >= 4 is 5.91 Å². The molecule has 2 aliphatic heterocycles. The molecule has 1 N–H and O–H groups in total. The summed E-state index contributed by atoms with van der Waals surface area (Å²) >= 11 is 0. The van der Waals surface area contributed by atoms with Crippen LogP contribution in [0.1, 0.15) is 46.0 Å². The average Bonchev–Trinajstić information content (AvgIpc) is 2.88. The lowest BCUT2D eigenvalue weighted by molar-refractivity contribution is -0.135. The Balaban J connectivity index is 1.55. The Bertz CT molecular complexity index is 338. The minimum Gasteiger partial charge on any atom is -0.342 e. The molecular weight excluding hydrogens is 224 g/mol. The third kappa shape index (κ3) is 1.97. The fraction of sp³-hybridized carbons (Fsp3) is 0.933. The monoisotopic (exact) mass is 250 g/mol. The highest BCUT2D eigenvalue weighted by molar-refractivity contribution is 5.82. The van der Waals surface area contributed by atoms with Crippen molar-refractivity contribution in [3.63, 3.8) is 0 Å². The summed E-state index contributed by atoms with van der Waals surface area (Å²) in [5, 5.41) is 3.48. The molecule has 18 heavy (non-hydrogen) atoms. The predicted octanol–water partition coefficient (Wildman–Crippen LogP) is 2.02. The molecule has 1 aliphatic carbocycles. The first-order valence-electron chi connectivity index (χ1n) is 7.58. The molecule has 1 spiro atoms. The molecule has 1 saturated carbocycles. The topological polar surface area (TPSA) is 32.3 Å². The fourth-order valence-corrected chi connectivity index (χ4v) is 3.83. The number of hydrogen-bond donors (Lipinski definition) is 1. The zero-order valence-electron chi connectivity index (χ0n) is 11.8. The van der Waals surface area contributed by atoms with Gasteiger partial charge in [0.25, 0.3) is 0 Å². The minimum atomic E-state index is 0.321. The van der Waals surface area contributed by atoms with Gasteiger partial charge in [-0.15, -0.1) is 0 Å². The zero-order valence-corrected chi connectivity index (χ0v) is 11.8. The number of nitrogens with one attached hydrogen (secondary N) is 1. The van der Waals surface area contributed by atoms with Crippen LogP contribution in [0, 0.1) is 16.7 Å². The van der Waals surface area contributed by atoms with E-state index in [1.54, 1.807) is 0 Å². The summed E-state index contributed by atoms with van der Waals surface area (Å²) in [6, 6.07) is 0. The quantitative estimate of drug-likeness (QED) is 0.813. The molecule has 0 aromatic rings. The molecule has 2 saturated heterocycles. The van der Waals surface area contributed by atoms with Crippen molar-refractivity contribution in [2.75, 3.05) is 26.2 Å². The molecule has 2 unspecified atom stereocenters. The molecule has 3 rings (SSSR count). The van der Waals surface area contributed by atoms with Gasteiger partial charge in [0, 0.05) is 25.6 Å². The highest BCUT2D eigenvalue weighted by Gasteiger charge is 2.54. The number of amides is 1. The molecule has 3 heteroatoms. The van der Waals surface area contributed by atoms with E-state index in [0.29, 0.717) is 22.7 Å². The average molecular weight is 250 g/mol. The summed E-state index contributed by atoms with van der Waals surface area (Å²) in [5.74, 6) is 0.776. The summed E-state index contributed by atoms with van der Waals surface area (Å²) in [6.07, 6.45) is 5.99. The second-order valence-corrected chi connectivity index (χ2v) is 7.02. The van der Waals surface area contributed by atoms with E-state index in [-0.39, 0.29) is 0 Å². The summed E-state index contributed by atoms with van der Waals surface area (Å²) in [7, 11) is 0. The van der Waals surface area contributed by atoms with Crippen molar-refractivity contribution in [3.05, 3.63) is 0 Å². The Morgan fingerprint density at radius 3 is 2.56 bits per heavy atom. The molecule has 2 atom stereocenters. The second-order valence-electron chi connectivity index (χ2n) is 7.02. The van der Waals surface area contributed by atoms with E-state index in [1.807, 2.05) is 0 Å². The van der Waals surface area contributed by atoms with Gasteiger partial charge in [0.15, 0.2) is 0 Å². The van der Waals surface area contributed by atoms with Crippen molar-refractivity contribution < 1.29 is 4.79 Å². The molecule has 1 amide bonds. The number of piperidine rings is 1. The van der Waals surface area contributed by atoms with Crippen LogP contribution in [0.25, 0.3) is 0 Å². The van der Waals surface area contributed by atoms with E-state index in [9.17, 15) is 4.79 Å². The van der Waals surface area contributed by atoms with Crippen molar-refractivity contribution in [2.45, 2.75) is 46.0 Å². The van der Waals surface area contributed by atoms with Crippen molar-refractivity contribution in [1.29, 1.82) is 0 Å². The fourth-order valence-electron chi connectivity index (χ4n) is 3.83. The van der Waals surface area contributed by atoms with Gasteiger partial charge in [-0.1, -0.05) is 13.8 Å². The molecule has 3 fully saturated rings. The Kier molecular flexibility index (Phi) is 2.92. The third-order valence-electron chi connectivity index (χ3n) is 5.93. The first kappa shape index (κ1) is 12.5. The van der Waals surface area contributed by atoms with E-state index >= 15 is 0 Å². The molecular formula is C15H26N2O. The third-order valence-corrected chi connectivity index (χ3v) is 5.93. The Morgan fingerprint density at radius 2 is 2.06 bits per heavy atom. The van der Waals surface area contributed by atoms with Crippen LogP contribution in [0.3, 0.4) is 0 Å². The van der Waals surface area contributed by atoms with Crippen LogP contribution in [0.2, 0.25) is 0 Å². The number of carbonyl (C=O) groups is 1. The van der Waals surface area contributed by atoms with Gasteiger partial charge in [-0.05, 0) is 49.5 Å².